The van der Waals surface area contributed by atoms with Crippen LogP contribution in [0.2, 0.25) is 0 Å². The molecule has 0 aromatic heterocycles. The molecule has 2 saturated carbocycles. The Labute approximate surface area is 178 Å². The van der Waals surface area contributed by atoms with E-state index in [-0.39, 0.29) is 5.91 Å². The lowest BCUT2D eigenvalue weighted by atomic mass is 9.88. The van der Waals surface area contributed by atoms with Crippen LogP contribution in [0.5, 0.6) is 0 Å². The maximum absolute atomic E-state index is 13.5. The molecule has 0 radical (unpaired) electrons. The molecular formula is C27H28N2O. The summed E-state index contributed by atoms with van der Waals surface area (Å²) in [5, 5.41) is 0. The molecule has 3 nitrogen and oxygen atoms in total. The van der Waals surface area contributed by atoms with E-state index in [4.69, 9.17) is 0 Å². The molecule has 1 aliphatic heterocycles. The Morgan fingerprint density at radius 1 is 0.900 bits per heavy atom. The molecule has 1 amide bonds. The highest BCUT2D eigenvalue weighted by Gasteiger charge is 2.39. The van der Waals surface area contributed by atoms with E-state index in [1.165, 1.54) is 40.7 Å². The lowest BCUT2D eigenvalue weighted by Crippen LogP contribution is -2.43. The number of rotatable bonds is 5. The number of amides is 1. The molecule has 1 unspecified atom stereocenters. The SMILES string of the molecule is O=C(c1ccc(-c2ccccc2C2CC2)cc1)N(C1CC1)C1CCC2=C(C=NC2)C1. The molecule has 0 spiro atoms. The Balaban J connectivity index is 1.25. The van der Waals surface area contributed by atoms with E-state index in [1.54, 1.807) is 0 Å². The van der Waals surface area contributed by atoms with Gasteiger partial charge in [-0.25, -0.2) is 0 Å². The summed E-state index contributed by atoms with van der Waals surface area (Å²) in [5.74, 6) is 0.931. The number of carbonyl (C=O) groups excluding carboxylic acids is 1. The first-order chi connectivity index (χ1) is 14.8. The van der Waals surface area contributed by atoms with Crippen molar-refractivity contribution < 1.29 is 4.79 Å². The van der Waals surface area contributed by atoms with Gasteiger partial charge in [-0.1, -0.05) is 36.4 Å². The molecule has 152 valence electrons. The number of nitrogens with zero attached hydrogens (tertiary/aromatic N) is 2. The fourth-order valence-corrected chi connectivity index (χ4v) is 5.26. The highest BCUT2D eigenvalue weighted by molar-refractivity contribution is 5.95. The predicted molar refractivity (Wildman–Crippen MR) is 121 cm³/mol. The standard InChI is InChI=1S/C27H28N2O/c30-27(29(23-13-14-23)24-12-11-21-16-28-17-22(21)15-24)20-9-7-19(8-10-20)26-4-2-1-3-25(26)18-5-6-18/h1-4,7-10,17-18,23-24H,5-6,11-16H2. The van der Waals surface area contributed by atoms with Crippen molar-refractivity contribution in [2.24, 2.45) is 4.99 Å². The monoisotopic (exact) mass is 396 g/mol. The van der Waals surface area contributed by atoms with Crippen LogP contribution in [0.15, 0.2) is 64.7 Å². The van der Waals surface area contributed by atoms with Gasteiger partial charge in [0, 0.05) is 23.9 Å². The fourth-order valence-electron chi connectivity index (χ4n) is 5.26. The van der Waals surface area contributed by atoms with Gasteiger partial charge in [-0.2, -0.15) is 0 Å². The first-order valence-electron chi connectivity index (χ1n) is 11.5. The van der Waals surface area contributed by atoms with Crippen LogP contribution in [0, 0.1) is 0 Å². The van der Waals surface area contributed by atoms with Crippen LogP contribution in [0.4, 0.5) is 0 Å². The average Bonchev–Trinajstić information content (AvgIpc) is 3.72. The number of hydrogen-bond acceptors (Lipinski definition) is 2. The minimum atomic E-state index is 0.212. The van der Waals surface area contributed by atoms with Crippen molar-refractivity contribution in [3.8, 4) is 11.1 Å². The zero-order chi connectivity index (χ0) is 20.1. The number of aliphatic imine (C=N–C) groups is 1. The molecule has 2 aromatic carbocycles. The molecule has 0 saturated heterocycles. The maximum Gasteiger partial charge on any atom is 0.254 e. The van der Waals surface area contributed by atoms with Crippen LogP contribution in [0.1, 0.15) is 66.8 Å². The Morgan fingerprint density at radius 2 is 1.70 bits per heavy atom. The van der Waals surface area contributed by atoms with Gasteiger partial charge in [0.15, 0.2) is 0 Å². The van der Waals surface area contributed by atoms with Gasteiger partial charge in [0.25, 0.3) is 5.91 Å². The smallest absolute Gasteiger partial charge is 0.254 e. The van der Waals surface area contributed by atoms with Gasteiger partial charge in [0.2, 0.25) is 0 Å². The van der Waals surface area contributed by atoms with E-state index in [0.717, 1.165) is 50.1 Å². The Morgan fingerprint density at radius 3 is 2.47 bits per heavy atom. The van der Waals surface area contributed by atoms with Gasteiger partial charge in [-0.15, -0.1) is 0 Å². The Bertz CT molecular complexity index is 1040. The highest BCUT2D eigenvalue weighted by Crippen LogP contribution is 2.44. The second kappa shape index (κ2) is 7.23. The number of hydrogen-bond donors (Lipinski definition) is 0. The molecule has 4 aliphatic rings. The van der Waals surface area contributed by atoms with Crippen LogP contribution >= 0.6 is 0 Å². The Hall–Kier alpha value is -2.68. The van der Waals surface area contributed by atoms with Crippen molar-refractivity contribution in [2.45, 2.75) is 62.9 Å². The maximum atomic E-state index is 13.5. The summed E-state index contributed by atoms with van der Waals surface area (Å²) in [5.41, 5.74) is 7.71. The van der Waals surface area contributed by atoms with Gasteiger partial charge in [0.1, 0.15) is 0 Å². The predicted octanol–water partition coefficient (Wildman–Crippen LogP) is 5.77. The number of benzene rings is 2. The Kier molecular flexibility index (Phi) is 4.36. The van der Waals surface area contributed by atoms with Crippen molar-refractivity contribution in [1.82, 2.24) is 4.90 Å². The number of carbonyl (C=O) groups is 1. The van der Waals surface area contributed by atoms with Gasteiger partial charge in [-0.05, 0) is 90.8 Å². The summed E-state index contributed by atoms with van der Waals surface area (Å²) >= 11 is 0. The summed E-state index contributed by atoms with van der Waals surface area (Å²) in [6.07, 6.45) is 10.1. The zero-order valence-electron chi connectivity index (χ0n) is 17.4. The van der Waals surface area contributed by atoms with Gasteiger partial charge in [-0.3, -0.25) is 9.79 Å². The largest absolute Gasteiger partial charge is 0.332 e. The molecule has 1 atom stereocenters. The zero-order valence-corrected chi connectivity index (χ0v) is 17.4. The van der Waals surface area contributed by atoms with Crippen molar-refractivity contribution >= 4 is 12.1 Å². The highest BCUT2D eigenvalue weighted by atomic mass is 16.2. The minimum absolute atomic E-state index is 0.212. The van der Waals surface area contributed by atoms with Crippen LogP contribution in [-0.4, -0.2) is 35.7 Å². The van der Waals surface area contributed by atoms with E-state index < -0.39 is 0 Å². The first kappa shape index (κ1) is 18.1. The van der Waals surface area contributed by atoms with E-state index in [2.05, 4.69) is 46.3 Å². The molecule has 2 fully saturated rings. The molecular weight excluding hydrogens is 368 g/mol. The van der Waals surface area contributed by atoms with E-state index in [1.807, 2.05) is 18.3 Å². The molecule has 6 rings (SSSR count). The van der Waals surface area contributed by atoms with E-state index >= 15 is 0 Å². The lowest BCUT2D eigenvalue weighted by molar-refractivity contribution is 0.0645. The lowest BCUT2D eigenvalue weighted by Gasteiger charge is -2.35. The van der Waals surface area contributed by atoms with Crippen molar-refractivity contribution in [3.63, 3.8) is 0 Å². The van der Waals surface area contributed by atoms with Crippen LogP contribution in [0.3, 0.4) is 0 Å². The molecule has 1 heterocycles. The molecule has 3 aliphatic carbocycles. The van der Waals surface area contributed by atoms with Crippen molar-refractivity contribution in [3.05, 3.63) is 70.8 Å². The van der Waals surface area contributed by atoms with Gasteiger partial charge in [0.05, 0.1) is 6.54 Å². The second-order valence-electron chi connectivity index (χ2n) is 9.38. The third-order valence-corrected chi connectivity index (χ3v) is 7.21. The van der Waals surface area contributed by atoms with E-state index in [0.29, 0.717) is 12.1 Å². The topological polar surface area (TPSA) is 32.7 Å². The quantitative estimate of drug-likeness (QED) is 0.631. The molecule has 3 heteroatoms. The summed E-state index contributed by atoms with van der Waals surface area (Å²) in [6, 6.07) is 17.9. The van der Waals surface area contributed by atoms with Crippen molar-refractivity contribution in [2.75, 3.05) is 6.54 Å². The molecule has 0 bridgehead atoms. The normalized spacial score (nSPS) is 22.9. The average molecular weight is 397 g/mol. The first-order valence-corrected chi connectivity index (χ1v) is 11.5. The summed E-state index contributed by atoms with van der Waals surface area (Å²) in [7, 11) is 0. The molecule has 2 aromatic rings. The van der Waals surface area contributed by atoms with Gasteiger partial charge < -0.3 is 4.90 Å². The van der Waals surface area contributed by atoms with Gasteiger partial charge >= 0.3 is 0 Å². The second-order valence-corrected chi connectivity index (χ2v) is 9.38. The van der Waals surface area contributed by atoms with Crippen LogP contribution in [0.25, 0.3) is 11.1 Å². The summed E-state index contributed by atoms with van der Waals surface area (Å²) in [6.45, 7) is 0.878. The third-order valence-electron chi connectivity index (χ3n) is 7.21. The molecule has 0 N–H and O–H groups in total. The third kappa shape index (κ3) is 3.30. The summed E-state index contributed by atoms with van der Waals surface area (Å²) in [4.78, 5) is 20.2. The minimum Gasteiger partial charge on any atom is -0.332 e. The van der Waals surface area contributed by atoms with Crippen molar-refractivity contribution in [1.29, 1.82) is 0 Å². The van der Waals surface area contributed by atoms with E-state index in [9.17, 15) is 4.79 Å². The molecule has 30 heavy (non-hydrogen) atoms. The fraction of sp³-hybridized carbons (Fsp3) is 0.407. The van der Waals surface area contributed by atoms with Crippen LogP contribution < -0.4 is 0 Å². The summed E-state index contributed by atoms with van der Waals surface area (Å²) < 4.78 is 0. The van der Waals surface area contributed by atoms with Crippen LogP contribution in [-0.2, 0) is 0 Å².